The molecule has 0 fully saturated rings. The predicted octanol–water partition coefficient (Wildman–Crippen LogP) is 2.92. The van der Waals surface area contributed by atoms with Crippen LogP contribution in [0.3, 0.4) is 0 Å². The van der Waals surface area contributed by atoms with E-state index in [1.54, 1.807) is 6.07 Å². The third kappa shape index (κ3) is 1.69. The summed E-state index contributed by atoms with van der Waals surface area (Å²) in [4.78, 5) is 0. The van der Waals surface area contributed by atoms with Crippen molar-refractivity contribution in [2.45, 2.75) is 0 Å². The molecule has 1 nitrogen and oxygen atoms in total. The largest absolute Gasteiger partial charge is 0.507 e. The molecule has 0 aliphatic heterocycles. The third-order valence-electron chi connectivity index (χ3n) is 0.894. The zero-order valence-electron chi connectivity index (χ0n) is 5.40. The average Bonchev–Trinajstić information content (AvgIpc) is 1.88. The summed E-state index contributed by atoms with van der Waals surface area (Å²) in [6.45, 7) is 0. The van der Waals surface area contributed by atoms with Crippen LogP contribution in [0.4, 0.5) is 0 Å². The van der Waals surface area contributed by atoms with Gasteiger partial charge in [-0.15, -0.1) is 0 Å². The lowest BCUT2D eigenvalue weighted by atomic mass is 10.3. The van der Waals surface area contributed by atoms with Crippen LogP contribution in [0.5, 0.6) is 5.75 Å². The quantitative estimate of drug-likeness (QED) is 0.815. The van der Waals surface area contributed by atoms with Crippen LogP contribution in [0.2, 0.25) is 0 Å². The molecule has 0 heterocycles. The smallest absolute Gasteiger partial charge is 0.293 e. The molecule has 1 aromatic carbocycles. The normalized spacial score (nSPS) is 10.7. The number of phenolic OH excluding ortho intramolecular Hbond substituents is 1. The lowest BCUT2D eigenvalue weighted by molar-refractivity contribution is 0.472. The fraction of sp³-hybridized carbons (Fsp3) is 0. The van der Waals surface area contributed by atoms with Gasteiger partial charge in [0.05, 0.1) is 4.47 Å². The third-order valence-corrected chi connectivity index (χ3v) is 2.01. The SMILES string of the molecule is [2H]Oc1ccc(Br)cc1Br. The van der Waals surface area contributed by atoms with Gasteiger partial charge in [-0.05, 0) is 34.1 Å². The van der Waals surface area contributed by atoms with E-state index in [4.69, 9.17) is 1.43 Å². The minimum atomic E-state index is 0.517. The summed E-state index contributed by atoms with van der Waals surface area (Å²) in [5, 5.41) is 4.28. The number of benzene rings is 1. The molecule has 0 radical (unpaired) electrons. The molecule has 3 heteroatoms. The molecular weight excluding hydrogens is 248 g/mol. The molecule has 9 heavy (non-hydrogen) atoms. The molecule has 0 bridgehead atoms. The Morgan fingerprint density at radius 3 is 2.78 bits per heavy atom. The van der Waals surface area contributed by atoms with Gasteiger partial charge in [0.2, 0.25) is 0 Å². The number of aromatic hydroxyl groups is 1. The van der Waals surface area contributed by atoms with Crippen LogP contribution in [0.25, 0.3) is 0 Å². The monoisotopic (exact) mass is 251 g/mol. The summed E-state index contributed by atoms with van der Waals surface area (Å²) in [5.41, 5.74) is 0. The van der Waals surface area contributed by atoms with Crippen molar-refractivity contribution in [3.63, 3.8) is 0 Å². The average molecular weight is 253 g/mol. The Morgan fingerprint density at radius 1 is 1.44 bits per heavy atom. The lowest BCUT2D eigenvalue weighted by Crippen LogP contribution is -1.67. The first-order valence-corrected chi connectivity index (χ1v) is 3.91. The molecule has 0 unspecified atom stereocenters. The first-order valence-electron chi connectivity index (χ1n) is 2.73. The van der Waals surface area contributed by atoms with Crippen molar-refractivity contribution in [2.75, 3.05) is 0 Å². The lowest BCUT2D eigenvalue weighted by Gasteiger charge is -1.94. The zero-order valence-corrected chi connectivity index (χ0v) is 7.57. The van der Waals surface area contributed by atoms with Gasteiger partial charge in [-0.2, -0.15) is 0 Å². The van der Waals surface area contributed by atoms with Crippen LogP contribution in [0, 0.1) is 0 Å². The van der Waals surface area contributed by atoms with E-state index in [9.17, 15) is 0 Å². The molecule has 0 aliphatic carbocycles. The number of halogens is 2. The number of hydrogen-bond donors (Lipinski definition) is 1. The van der Waals surface area contributed by atoms with Gasteiger partial charge in [0.25, 0.3) is 1.43 Å². The summed E-state index contributed by atoms with van der Waals surface area (Å²) >= 11 is 6.51. The fourth-order valence-corrected chi connectivity index (χ4v) is 1.52. The highest BCUT2D eigenvalue weighted by Gasteiger charge is 1.94. The van der Waals surface area contributed by atoms with E-state index in [0.29, 0.717) is 5.75 Å². The molecular formula is C6H4Br2O. The first kappa shape index (κ1) is 5.74. The minimum absolute atomic E-state index is 0.517. The summed E-state index contributed by atoms with van der Waals surface area (Å²) in [5.74, 6) is 0.517. The highest BCUT2D eigenvalue weighted by molar-refractivity contribution is 9.11. The highest BCUT2D eigenvalue weighted by atomic mass is 79.9. The van der Waals surface area contributed by atoms with Crippen molar-refractivity contribution in [2.24, 2.45) is 0 Å². The van der Waals surface area contributed by atoms with Crippen LogP contribution < -0.4 is 0 Å². The van der Waals surface area contributed by atoms with Gasteiger partial charge in [0.15, 0.2) is 0 Å². The molecule has 0 saturated carbocycles. The van der Waals surface area contributed by atoms with E-state index >= 15 is 0 Å². The maximum absolute atomic E-state index is 6.61. The zero-order chi connectivity index (χ0) is 7.56. The maximum atomic E-state index is 6.61. The van der Waals surface area contributed by atoms with Crippen molar-refractivity contribution in [1.29, 1.82) is 1.43 Å². The Labute approximate surface area is 71.5 Å². The molecule has 0 amide bonds. The Morgan fingerprint density at radius 2 is 2.22 bits per heavy atom. The van der Waals surface area contributed by atoms with Crippen LogP contribution in [-0.2, 0) is 0 Å². The Kier molecular flexibility index (Phi) is 1.73. The second-order valence-electron chi connectivity index (χ2n) is 1.57. The van der Waals surface area contributed by atoms with Gasteiger partial charge >= 0.3 is 0 Å². The van der Waals surface area contributed by atoms with E-state index in [1.165, 1.54) is 0 Å². The molecule has 0 aliphatic rings. The molecule has 1 N–H and O–H groups in total. The second-order valence-corrected chi connectivity index (χ2v) is 3.34. The molecule has 1 rings (SSSR count). The number of phenols is 1. The Hall–Kier alpha value is -0.0200. The predicted molar refractivity (Wildman–Crippen MR) is 43.5 cm³/mol. The van der Waals surface area contributed by atoms with Crippen LogP contribution in [0.15, 0.2) is 27.1 Å². The van der Waals surface area contributed by atoms with Crippen LogP contribution in [0.1, 0.15) is 0 Å². The summed E-state index contributed by atoms with van der Waals surface area (Å²) < 4.78 is 8.34. The molecule has 48 valence electrons. The molecule has 0 aromatic heterocycles. The van der Waals surface area contributed by atoms with Gasteiger partial charge in [0, 0.05) is 4.47 Å². The van der Waals surface area contributed by atoms with E-state index < -0.39 is 0 Å². The van der Waals surface area contributed by atoms with E-state index in [2.05, 4.69) is 37.0 Å². The van der Waals surface area contributed by atoms with Gasteiger partial charge in [-0.1, -0.05) is 15.9 Å². The fourth-order valence-electron chi connectivity index (χ4n) is 0.475. The molecule has 1 aromatic rings. The number of rotatable bonds is 1. The van der Waals surface area contributed by atoms with E-state index in [-0.39, 0.29) is 0 Å². The van der Waals surface area contributed by atoms with Crippen molar-refractivity contribution in [1.82, 2.24) is 0 Å². The first-order chi connectivity index (χ1) is 4.74. The van der Waals surface area contributed by atoms with Gasteiger partial charge in [-0.25, -0.2) is 0 Å². The van der Waals surface area contributed by atoms with E-state index in [1.807, 2.05) is 12.1 Å². The van der Waals surface area contributed by atoms with Crippen molar-refractivity contribution >= 4 is 31.9 Å². The highest BCUT2D eigenvalue weighted by Crippen LogP contribution is 2.26. The van der Waals surface area contributed by atoms with Crippen molar-refractivity contribution in [3.8, 4) is 5.75 Å². The molecule has 0 spiro atoms. The van der Waals surface area contributed by atoms with Crippen LogP contribution in [-0.4, -0.2) is 6.54 Å². The second kappa shape index (κ2) is 2.71. The Balaban J connectivity index is 3.07. The maximum Gasteiger partial charge on any atom is 0.293 e. The van der Waals surface area contributed by atoms with E-state index in [0.717, 1.165) is 8.95 Å². The van der Waals surface area contributed by atoms with Gasteiger partial charge in [0.1, 0.15) is 5.75 Å². The molecule has 0 atom stereocenters. The van der Waals surface area contributed by atoms with Gasteiger partial charge < -0.3 is 5.11 Å². The van der Waals surface area contributed by atoms with Crippen LogP contribution >= 0.6 is 31.9 Å². The summed E-state index contributed by atoms with van der Waals surface area (Å²) in [6, 6.07) is 5.35. The van der Waals surface area contributed by atoms with Crippen molar-refractivity contribution in [3.05, 3.63) is 27.1 Å². The minimum Gasteiger partial charge on any atom is -0.507 e. The summed E-state index contributed by atoms with van der Waals surface area (Å²) in [6.07, 6.45) is 0. The molecule has 0 saturated heterocycles. The Bertz CT molecular complexity index is 239. The van der Waals surface area contributed by atoms with Gasteiger partial charge in [-0.3, -0.25) is 0 Å². The number of hydrogen-bond acceptors (Lipinski definition) is 1. The van der Waals surface area contributed by atoms with Crippen molar-refractivity contribution < 1.29 is 5.11 Å². The standard InChI is InChI=1S/C6H4Br2O/c7-4-1-2-6(9)5(8)3-4/h1-3,9H/i/hD. The summed E-state index contributed by atoms with van der Waals surface area (Å²) in [7, 11) is 0. The topological polar surface area (TPSA) is 20.2 Å².